The minimum atomic E-state index is -1.76. The molecule has 11 nitrogen and oxygen atoms in total. The quantitative estimate of drug-likeness (QED) is 0.0848. The van der Waals surface area contributed by atoms with Gasteiger partial charge >= 0.3 is 6.16 Å². The molecule has 0 bridgehead atoms. The summed E-state index contributed by atoms with van der Waals surface area (Å²) in [5, 5.41) is 36.3. The number of hydrogen-bond acceptors (Lipinski definition) is 9. The fraction of sp³-hybridized carbons (Fsp3) is 0.839. The van der Waals surface area contributed by atoms with Gasteiger partial charge in [0.05, 0.1) is 13.2 Å². The Morgan fingerprint density at radius 3 is 2.14 bits per heavy atom. The number of methoxy groups -OCH3 is 1. The van der Waals surface area contributed by atoms with E-state index in [1.807, 2.05) is 20.8 Å². The third-order valence-corrected chi connectivity index (χ3v) is 7.21. The Balaban J connectivity index is 2.41. The Kier molecular flexibility index (Phi) is 18.6. The van der Waals surface area contributed by atoms with Crippen LogP contribution in [0.1, 0.15) is 105 Å². The maximum Gasteiger partial charge on any atom is 0.508 e. The van der Waals surface area contributed by atoms with Gasteiger partial charge in [0.25, 0.3) is 5.91 Å². The number of hydrogen-bond donors (Lipinski definition) is 5. The molecule has 2 amide bonds. The van der Waals surface area contributed by atoms with E-state index in [0.717, 1.165) is 19.3 Å². The third kappa shape index (κ3) is 15.9. The van der Waals surface area contributed by atoms with E-state index in [2.05, 4.69) is 17.6 Å². The molecule has 0 unspecified atom stereocenters. The SMILES string of the molecule is CCCCCCCCCCCCOC(=O)O[C@@H]1CC[C@H](NC(=O)[C@H](OC)[C@H](O)[C@@H](O)[C@H](O)/C=C/C(C)(C)C)C(=O)NC1. The molecule has 0 radical (unpaired) electrons. The van der Waals surface area contributed by atoms with Crippen LogP contribution < -0.4 is 10.6 Å². The number of aliphatic hydroxyl groups excluding tert-OH is 3. The van der Waals surface area contributed by atoms with E-state index in [1.165, 1.54) is 58.1 Å². The van der Waals surface area contributed by atoms with Gasteiger partial charge in [-0.15, -0.1) is 0 Å². The van der Waals surface area contributed by atoms with Crippen LogP contribution in [0, 0.1) is 5.41 Å². The molecule has 0 aliphatic carbocycles. The predicted octanol–water partition coefficient (Wildman–Crippen LogP) is 3.52. The Morgan fingerprint density at radius 1 is 0.976 bits per heavy atom. The van der Waals surface area contributed by atoms with Crippen LogP contribution in [-0.4, -0.2) is 90.1 Å². The standard InChI is InChI=1S/C31H56N2O9/c1-6-7-8-9-10-11-12-13-14-15-20-41-30(39)42-22-16-17-23(28(37)32-21-22)33-29(38)27(40-5)26(36)25(35)24(34)18-19-31(2,3)4/h18-19,22-27,34-36H,6-17,20-21H2,1-5H3,(H,32,37)(H,33,38)/b19-18+/t22-,23+,24-,25+,26-,27-/m1/s1. The van der Waals surface area contributed by atoms with Crippen molar-refractivity contribution in [2.75, 3.05) is 20.3 Å². The first-order valence-electron chi connectivity index (χ1n) is 15.6. The molecule has 0 spiro atoms. The highest BCUT2D eigenvalue weighted by Crippen LogP contribution is 2.18. The molecule has 5 N–H and O–H groups in total. The van der Waals surface area contributed by atoms with Gasteiger partial charge in [0.15, 0.2) is 6.10 Å². The second kappa shape index (κ2) is 20.7. The number of allylic oxidation sites excluding steroid dienone is 1. The lowest BCUT2D eigenvalue weighted by atomic mass is 9.94. The molecule has 0 saturated carbocycles. The minimum absolute atomic E-state index is 0.0694. The number of amides is 2. The minimum Gasteiger partial charge on any atom is -0.434 e. The second-order valence-electron chi connectivity index (χ2n) is 12.3. The zero-order valence-electron chi connectivity index (χ0n) is 26.3. The van der Waals surface area contributed by atoms with E-state index in [0.29, 0.717) is 0 Å². The molecule has 1 heterocycles. The number of aliphatic hydroxyl groups is 3. The maximum atomic E-state index is 12.8. The summed E-state index contributed by atoms with van der Waals surface area (Å²) in [5.41, 5.74) is -0.262. The lowest BCUT2D eigenvalue weighted by Gasteiger charge is -2.28. The molecule has 0 aromatic rings. The topological polar surface area (TPSA) is 164 Å². The van der Waals surface area contributed by atoms with Crippen molar-refractivity contribution in [3.8, 4) is 0 Å². The van der Waals surface area contributed by atoms with E-state index in [-0.39, 0.29) is 31.4 Å². The Bertz CT molecular complexity index is 815. The average Bonchev–Trinajstić information content (AvgIpc) is 3.10. The van der Waals surface area contributed by atoms with Gasteiger partial charge in [-0.2, -0.15) is 0 Å². The third-order valence-electron chi connectivity index (χ3n) is 7.21. The molecule has 244 valence electrons. The van der Waals surface area contributed by atoms with Crippen molar-refractivity contribution in [1.82, 2.24) is 10.6 Å². The van der Waals surface area contributed by atoms with Crippen LogP contribution >= 0.6 is 0 Å². The molecule has 1 saturated heterocycles. The number of carbonyl (C=O) groups excluding carboxylic acids is 3. The second-order valence-corrected chi connectivity index (χ2v) is 12.3. The number of carbonyl (C=O) groups is 3. The molecule has 0 aromatic carbocycles. The largest absolute Gasteiger partial charge is 0.508 e. The van der Waals surface area contributed by atoms with E-state index in [9.17, 15) is 29.7 Å². The molecule has 1 aliphatic heterocycles. The van der Waals surface area contributed by atoms with Gasteiger partial charge in [-0.1, -0.05) is 97.6 Å². The van der Waals surface area contributed by atoms with Crippen molar-refractivity contribution in [3.05, 3.63) is 12.2 Å². The fourth-order valence-electron chi connectivity index (χ4n) is 4.61. The van der Waals surface area contributed by atoms with Crippen LogP contribution in [-0.2, 0) is 23.8 Å². The summed E-state index contributed by atoms with van der Waals surface area (Å²) in [7, 11) is 1.18. The zero-order valence-corrected chi connectivity index (χ0v) is 26.3. The summed E-state index contributed by atoms with van der Waals surface area (Å²) in [6.07, 6.45) is 7.42. The molecular formula is C31H56N2O9. The van der Waals surface area contributed by atoms with Crippen molar-refractivity contribution in [3.63, 3.8) is 0 Å². The van der Waals surface area contributed by atoms with Crippen LogP contribution in [0.4, 0.5) is 4.79 Å². The molecule has 1 fully saturated rings. The van der Waals surface area contributed by atoms with Gasteiger partial charge in [-0.3, -0.25) is 9.59 Å². The van der Waals surface area contributed by atoms with Gasteiger partial charge in [-0.05, 0) is 24.7 Å². The molecule has 1 aliphatic rings. The van der Waals surface area contributed by atoms with Crippen LogP contribution in [0.25, 0.3) is 0 Å². The highest BCUT2D eigenvalue weighted by molar-refractivity contribution is 5.89. The van der Waals surface area contributed by atoms with Gasteiger partial charge in [0.1, 0.15) is 30.5 Å². The highest BCUT2D eigenvalue weighted by atomic mass is 16.7. The van der Waals surface area contributed by atoms with Crippen LogP contribution in [0.2, 0.25) is 0 Å². The normalized spacial score (nSPS) is 20.7. The van der Waals surface area contributed by atoms with Crippen molar-refractivity contribution in [2.24, 2.45) is 5.41 Å². The van der Waals surface area contributed by atoms with Crippen LogP contribution in [0.3, 0.4) is 0 Å². The van der Waals surface area contributed by atoms with E-state index in [4.69, 9.17) is 14.2 Å². The molecule has 6 atom stereocenters. The number of unbranched alkanes of at least 4 members (excludes halogenated alkanes) is 9. The molecule has 11 heteroatoms. The lowest BCUT2D eigenvalue weighted by molar-refractivity contribution is -0.150. The van der Waals surface area contributed by atoms with Crippen LogP contribution in [0.15, 0.2) is 12.2 Å². The van der Waals surface area contributed by atoms with E-state index in [1.54, 1.807) is 6.08 Å². The highest BCUT2D eigenvalue weighted by Gasteiger charge is 2.37. The van der Waals surface area contributed by atoms with Crippen molar-refractivity contribution in [1.29, 1.82) is 0 Å². The molecule has 42 heavy (non-hydrogen) atoms. The summed E-state index contributed by atoms with van der Waals surface area (Å²) in [4.78, 5) is 37.5. The Morgan fingerprint density at radius 2 is 1.57 bits per heavy atom. The zero-order chi connectivity index (χ0) is 31.5. The van der Waals surface area contributed by atoms with E-state index >= 15 is 0 Å². The number of ether oxygens (including phenoxy) is 3. The summed E-state index contributed by atoms with van der Waals surface area (Å²) in [6.45, 7) is 8.27. The first kappa shape index (κ1) is 37.8. The summed E-state index contributed by atoms with van der Waals surface area (Å²) < 4.78 is 15.6. The Hall–Kier alpha value is -2.21. The number of nitrogens with one attached hydrogen (secondary N) is 2. The predicted molar refractivity (Wildman–Crippen MR) is 160 cm³/mol. The van der Waals surface area contributed by atoms with Crippen LogP contribution in [0.5, 0.6) is 0 Å². The Labute approximate surface area is 251 Å². The smallest absolute Gasteiger partial charge is 0.434 e. The molecule has 0 aromatic heterocycles. The lowest BCUT2D eigenvalue weighted by Crippen LogP contribution is -2.55. The molecular weight excluding hydrogens is 544 g/mol. The van der Waals surface area contributed by atoms with Gasteiger partial charge in [-0.25, -0.2) is 4.79 Å². The van der Waals surface area contributed by atoms with Crippen molar-refractivity contribution in [2.45, 2.75) is 141 Å². The summed E-state index contributed by atoms with van der Waals surface area (Å²) in [6, 6.07) is -0.971. The first-order valence-corrected chi connectivity index (χ1v) is 15.6. The summed E-state index contributed by atoms with van der Waals surface area (Å²) in [5.74, 6) is -1.31. The maximum absolute atomic E-state index is 12.8. The average molecular weight is 601 g/mol. The van der Waals surface area contributed by atoms with Gasteiger partial charge in [0.2, 0.25) is 5.91 Å². The monoisotopic (exact) mass is 600 g/mol. The van der Waals surface area contributed by atoms with Gasteiger partial charge < -0.3 is 40.2 Å². The fourth-order valence-corrected chi connectivity index (χ4v) is 4.61. The molecule has 1 rings (SSSR count). The number of rotatable bonds is 19. The first-order chi connectivity index (χ1) is 19.9. The summed E-state index contributed by atoms with van der Waals surface area (Å²) >= 11 is 0. The van der Waals surface area contributed by atoms with E-state index < -0.39 is 54.5 Å². The van der Waals surface area contributed by atoms with Gasteiger partial charge in [0, 0.05) is 7.11 Å². The van der Waals surface area contributed by atoms with Crippen molar-refractivity contribution >= 4 is 18.0 Å². The van der Waals surface area contributed by atoms with Crippen molar-refractivity contribution < 1.29 is 43.9 Å².